The van der Waals surface area contributed by atoms with Crippen LogP contribution in [0.3, 0.4) is 0 Å². The van der Waals surface area contributed by atoms with Crippen LogP contribution in [0, 0.1) is 24.1 Å². The molecule has 0 unspecified atom stereocenters. The maximum Gasteiger partial charge on any atom is 0.409 e. The lowest BCUT2D eigenvalue weighted by molar-refractivity contribution is 0.113. The van der Waals surface area contributed by atoms with E-state index < -0.39 is 23.3 Å². The number of likely N-dealkylation sites (tertiary alicyclic amines) is 1. The number of thioether (sulfide) groups is 1. The van der Waals surface area contributed by atoms with Crippen molar-refractivity contribution in [2.75, 3.05) is 32.1 Å². The van der Waals surface area contributed by atoms with Gasteiger partial charge in [0.15, 0.2) is 17.6 Å². The Hall–Kier alpha value is -3.65. The van der Waals surface area contributed by atoms with Gasteiger partial charge in [-0.05, 0) is 30.7 Å². The molecule has 0 radical (unpaired) electrons. The van der Waals surface area contributed by atoms with Crippen LogP contribution in [0.5, 0.6) is 5.88 Å². The molecule has 2 atom stereocenters. The molecule has 2 aromatic rings. The van der Waals surface area contributed by atoms with Crippen LogP contribution in [-0.4, -0.2) is 58.2 Å². The number of amides is 1. The lowest BCUT2D eigenvalue weighted by atomic mass is 9.81. The summed E-state index contributed by atoms with van der Waals surface area (Å²) < 4.78 is 40.4. The normalized spacial score (nSPS) is 21.7. The van der Waals surface area contributed by atoms with E-state index in [0.717, 1.165) is 0 Å². The van der Waals surface area contributed by atoms with Crippen LogP contribution in [0.4, 0.5) is 13.6 Å². The van der Waals surface area contributed by atoms with Crippen LogP contribution in [0.2, 0.25) is 0 Å². The fraction of sp³-hybridized carbons (Fsp3) is 0.333. The van der Waals surface area contributed by atoms with Gasteiger partial charge in [-0.3, -0.25) is 0 Å². The standard InChI is InChI=1S/C24H23F2N5O3S/c1-3-7-34-21-11-28-20(10-29-21)19(26)9-15-5-6-18(25)17(8-15)24-14-31(23(32)33-4-2)12-16(24)13-35-22(27)30-24/h1,5-6,8-11,16H,4,7,12-14H2,2H3,(H2,27,30)/b19-9-/t16-,24+/m1/s1. The van der Waals surface area contributed by atoms with E-state index in [0.29, 0.717) is 23.0 Å². The van der Waals surface area contributed by atoms with Gasteiger partial charge >= 0.3 is 6.09 Å². The Balaban J connectivity index is 1.67. The smallest absolute Gasteiger partial charge is 0.409 e. The van der Waals surface area contributed by atoms with Gasteiger partial charge in [0.25, 0.3) is 0 Å². The third-order valence-electron chi connectivity index (χ3n) is 5.74. The van der Waals surface area contributed by atoms with Crippen molar-refractivity contribution in [2.24, 2.45) is 16.6 Å². The molecule has 1 aromatic heterocycles. The molecule has 1 saturated heterocycles. The molecule has 11 heteroatoms. The molecule has 2 aliphatic rings. The molecule has 0 saturated carbocycles. The molecule has 2 aliphatic heterocycles. The number of fused-ring (bicyclic) bond motifs is 1. The van der Waals surface area contributed by atoms with E-state index in [9.17, 15) is 9.18 Å². The third-order valence-corrected chi connectivity index (χ3v) is 6.70. The molecular formula is C24H23F2N5O3S. The minimum absolute atomic E-state index is 0.0204. The Morgan fingerprint density at radius 3 is 2.97 bits per heavy atom. The molecule has 1 fully saturated rings. The van der Waals surface area contributed by atoms with Crippen molar-refractivity contribution in [1.82, 2.24) is 14.9 Å². The van der Waals surface area contributed by atoms with Gasteiger partial charge in [-0.1, -0.05) is 23.7 Å². The summed E-state index contributed by atoms with van der Waals surface area (Å²) in [6, 6.07) is 4.23. The lowest BCUT2D eigenvalue weighted by Crippen LogP contribution is -2.41. The summed E-state index contributed by atoms with van der Waals surface area (Å²) in [6.45, 7) is 2.41. The van der Waals surface area contributed by atoms with Gasteiger partial charge in [-0.25, -0.2) is 28.5 Å². The highest BCUT2D eigenvalue weighted by molar-refractivity contribution is 8.13. The van der Waals surface area contributed by atoms with Crippen LogP contribution in [0.25, 0.3) is 11.9 Å². The first-order valence-corrected chi connectivity index (χ1v) is 11.8. The summed E-state index contributed by atoms with van der Waals surface area (Å²) in [7, 11) is 0. The Morgan fingerprint density at radius 2 is 2.26 bits per heavy atom. The predicted octanol–water partition coefficient (Wildman–Crippen LogP) is 3.44. The molecule has 35 heavy (non-hydrogen) atoms. The summed E-state index contributed by atoms with van der Waals surface area (Å²) in [5, 5.41) is 0.306. The number of amidine groups is 1. The molecule has 2 N–H and O–H groups in total. The van der Waals surface area contributed by atoms with E-state index in [1.54, 1.807) is 6.92 Å². The van der Waals surface area contributed by atoms with Crippen molar-refractivity contribution in [3.05, 3.63) is 53.2 Å². The number of terminal acetylenes is 1. The highest BCUT2D eigenvalue weighted by Gasteiger charge is 2.52. The number of carbonyl (C=O) groups excluding carboxylic acids is 1. The Labute approximate surface area is 205 Å². The van der Waals surface area contributed by atoms with Gasteiger partial charge in [-0.2, -0.15) is 0 Å². The Bertz CT molecular complexity index is 1210. The number of ether oxygens (including phenoxy) is 2. The summed E-state index contributed by atoms with van der Waals surface area (Å²) in [6.07, 6.45) is 8.35. The van der Waals surface area contributed by atoms with Gasteiger partial charge in [0.05, 0.1) is 25.5 Å². The van der Waals surface area contributed by atoms with Gasteiger partial charge in [0.1, 0.15) is 17.1 Å². The van der Waals surface area contributed by atoms with Crippen molar-refractivity contribution in [3.8, 4) is 18.2 Å². The maximum absolute atomic E-state index is 15.2. The Kier molecular flexibility index (Phi) is 7.21. The number of hydrogen-bond acceptors (Lipinski definition) is 8. The largest absolute Gasteiger partial charge is 0.463 e. The summed E-state index contributed by atoms with van der Waals surface area (Å²) >= 11 is 1.36. The van der Waals surface area contributed by atoms with Gasteiger partial charge in [-0.15, -0.1) is 6.42 Å². The average molecular weight is 500 g/mol. The van der Waals surface area contributed by atoms with Crippen molar-refractivity contribution in [3.63, 3.8) is 0 Å². The molecule has 0 aliphatic carbocycles. The first-order valence-electron chi connectivity index (χ1n) is 10.8. The number of hydrogen-bond donors (Lipinski definition) is 1. The topological polar surface area (TPSA) is 103 Å². The fourth-order valence-electron chi connectivity index (χ4n) is 4.17. The molecule has 182 valence electrons. The first-order chi connectivity index (χ1) is 16.9. The predicted molar refractivity (Wildman–Crippen MR) is 130 cm³/mol. The zero-order valence-corrected chi connectivity index (χ0v) is 19.7. The second kappa shape index (κ2) is 10.3. The molecule has 1 amide bonds. The van der Waals surface area contributed by atoms with E-state index in [1.165, 1.54) is 53.3 Å². The highest BCUT2D eigenvalue weighted by Crippen LogP contribution is 2.46. The van der Waals surface area contributed by atoms with Crippen LogP contribution in [0.1, 0.15) is 23.7 Å². The number of aliphatic imine (C=N–C) groups is 1. The number of halogens is 2. The number of benzene rings is 1. The van der Waals surface area contributed by atoms with E-state index in [1.807, 2.05) is 0 Å². The molecular weight excluding hydrogens is 476 g/mol. The van der Waals surface area contributed by atoms with Gasteiger partial charge in [0, 0.05) is 23.8 Å². The monoisotopic (exact) mass is 499 g/mol. The van der Waals surface area contributed by atoms with Crippen LogP contribution >= 0.6 is 11.8 Å². The van der Waals surface area contributed by atoms with Crippen molar-refractivity contribution < 1.29 is 23.0 Å². The average Bonchev–Trinajstić information content (AvgIpc) is 3.24. The number of nitrogens with zero attached hydrogens (tertiary/aromatic N) is 4. The molecule has 0 spiro atoms. The van der Waals surface area contributed by atoms with Gasteiger partial charge in [0.2, 0.25) is 5.88 Å². The number of carbonyl (C=O) groups is 1. The van der Waals surface area contributed by atoms with Crippen molar-refractivity contribution in [1.29, 1.82) is 0 Å². The van der Waals surface area contributed by atoms with Crippen LogP contribution < -0.4 is 10.5 Å². The quantitative estimate of drug-likeness (QED) is 0.608. The molecule has 3 heterocycles. The van der Waals surface area contributed by atoms with Crippen molar-refractivity contribution >= 4 is 34.9 Å². The summed E-state index contributed by atoms with van der Waals surface area (Å²) in [5.41, 5.74) is 5.54. The van der Waals surface area contributed by atoms with Crippen molar-refractivity contribution in [2.45, 2.75) is 12.5 Å². The molecule has 1 aromatic carbocycles. The highest BCUT2D eigenvalue weighted by atomic mass is 32.2. The first kappa shape index (κ1) is 24.5. The minimum Gasteiger partial charge on any atom is -0.463 e. The second-order valence-corrected chi connectivity index (χ2v) is 8.97. The zero-order chi connectivity index (χ0) is 25.0. The number of rotatable bonds is 6. The minimum atomic E-state index is -1.09. The molecule has 0 bridgehead atoms. The van der Waals surface area contributed by atoms with Gasteiger partial charge < -0.3 is 20.1 Å². The third kappa shape index (κ3) is 5.07. The Morgan fingerprint density at radius 1 is 1.43 bits per heavy atom. The molecule has 8 nitrogen and oxygen atoms in total. The second-order valence-electron chi connectivity index (χ2n) is 7.93. The zero-order valence-electron chi connectivity index (χ0n) is 18.9. The van der Waals surface area contributed by atoms with E-state index in [2.05, 4.69) is 20.9 Å². The summed E-state index contributed by atoms with van der Waals surface area (Å²) in [5.74, 6) is 1.65. The van der Waals surface area contributed by atoms with E-state index >= 15 is 4.39 Å². The fourth-order valence-corrected chi connectivity index (χ4v) is 5.15. The van der Waals surface area contributed by atoms with Crippen LogP contribution in [0.15, 0.2) is 35.6 Å². The van der Waals surface area contributed by atoms with E-state index in [-0.39, 0.29) is 42.8 Å². The number of aromatic nitrogens is 2. The van der Waals surface area contributed by atoms with E-state index in [4.69, 9.17) is 21.6 Å². The summed E-state index contributed by atoms with van der Waals surface area (Å²) in [4.78, 5) is 26.5. The maximum atomic E-state index is 15.2. The molecule has 4 rings (SSSR count). The SMILES string of the molecule is C#CCOc1cnc(/C(F)=C/c2ccc(F)c([C@]34CN(C(=O)OCC)C[C@@H]3CSC(N)=N4)c2)cn1. The number of nitrogens with two attached hydrogens (primary N) is 1. The lowest BCUT2D eigenvalue weighted by Gasteiger charge is -2.35. The van der Waals surface area contributed by atoms with Crippen LogP contribution in [-0.2, 0) is 10.3 Å².